The molecule has 8 heteroatoms. The van der Waals surface area contributed by atoms with Gasteiger partial charge in [0.05, 0.1) is 0 Å². The predicted molar refractivity (Wildman–Crippen MR) is 95.8 cm³/mol. The molecular formula is C18H30N4O4. The van der Waals surface area contributed by atoms with Crippen LogP contribution in [-0.2, 0) is 9.59 Å². The molecule has 0 aliphatic carbocycles. The number of aliphatic carboxylic acids is 1. The lowest BCUT2D eigenvalue weighted by Crippen LogP contribution is -2.63. The molecule has 0 saturated carbocycles. The quantitative estimate of drug-likeness (QED) is 0.777. The molecule has 3 saturated heterocycles. The number of likely N-dealkylation sites (tertiary alicyclic amines) is 2. The lowest BCUT2D eigenvalue weighted by Gasteiger charge is -2.50. The van der Waals surface area contributed by atoms with Gasteiger partial charge in [0.25, 0.3) is 0 Å². The number of urea groups is 1. The molecule has 0 aromatic heterocycles. The van der Waals surface area contributed by atoms with Crippen molar-refractivity contribution in [2.24, 2.45) is 0 Å². The zero-order valence-corrected chi connectivity index (χ0v) is 15.7. The van der Waals surface area contributed by atoms with Gasteiger partial charge in [-0.3, -0.25) is 14.5 Å². The van der Waals surface area contributed by atoms with Gasteiger partial charge in [0, 0.05) is 51.2 Å². The lowest BCUT2D eigenvalue weighted by molar-refractivity contribution is -0.144. The van der Waals surface area contributed by atoms with Crippen molar-refractivity contribution in [3.8, 4) is 0 Å². The normalized spacial score (nSPS) is 28.3. The smallest absolute Gasteiger partial charge is 0.323 e. The van der Waals surface area contributed by atoms with Gasteiger partial charge in [-0.1, -0.05) is 0 Å². The minimum Gasteiger partial charge on any atom is -0.480 e. The summed E-state index contributed by atoms with van der Waals surface area (Å²) < 4.78 is 0. The zero-order valence-electron chi connectivity index (χ0n) is 15.7. The van der Waals surface area contributed by atoms with Crippen LogP contribution < -0.4 is 0 Å². The van der Waals surface area contributed by atoms with Crippen molar-refractivity contribution in [1.82, 2.24) is 19.6 Å². The second-order valence-corrected chi connectivity index (χ2v) is 7.86. The highest BCUT2D eigenvalue weighted by Gasteiger charge is 2.44. The minimum atomic E-state index is -0.979. The average molecular weight is 366 g/mol. The van der Waals surface area contributed by atoms with Crippen molar-refractivity contribution in [2.75, 3.05) is 52.9 Å². The Bertz CT molecular complexity index is 563. The first-order chi connectivity index (χ1) is 12.4. The van der Waals surface area contributed by atoms with Gasteiger partial charge in [-0.05, 0) is 39.2 Å². The molecule has 0 radical (unpaired) electrons. The highest BCUT2D eigenvalue weighted by molar-refractivity contribution is 5.81. The van der Waals surface area contributed by atoms with Crippen LogP contribution in [0.15, 0.2) is 0 Å². The Morgan fingerprint density at radius 2 is 1.73 bits per heavy atom. The molecule has 0 aromatic carbocycles. The number of hydrogen-bond acceptors (Lipinski definition) is 4. The van der Waals surface area contributed by atoms with Gasteiger partial charge in [-0.25, -0.2) is 4.79 Å². The summed E-state index contributed by atoms with van der Waals surface area (Å²) >= 11 is 0. The molecule has 3 heterocycles. The number of piperidine rings is 1. The van der Waals surface area contributed by atoms with Crippen molar-refractivity contribution in [3.63, 3.8) is 0 Å². The van der Waals surface area contributed by atoms with Gasteiger partial charge in [0.2, 0.25) is 5.91 Å². The molecule has 26 heavy (non-hydrogen) atoms. The fraction of sp³-hybridized carbons (Fsp3) is 0.833. The van der Waals surface area contributed by atoms with Gasteiger partial charge >= 0.3 is 12.0 Å². The van der Waals surface area contributed by atoms with Crippen molar-refractivity contribution in [3.05, 3.63) is 0 Å². The largest absolute Gasteiger partial charge is 0.480 e. The Hall–Kier alpha value is -1.83. The Kier molecular flexibility index (Phi) is 5.70. The molecule has 0 bridgehead atoms. The Balaban J connectivity index is 1.69. The van der Waals surface area contributed by atoms with Crippen LogP contribution in [0.5, 0.6) is 0 Å². The fourth-order valence-electron chi connectivity index (χ4n) is 4.47. The van der Waals surface area contributed by atoms with E-state index in [0.29, 0.717) is 38.9 Å². The average Bonchev–Trinajstić information content (AvgIpc) is 2.78. The number of carbonyl (C=O) groups is 3. The highest BCUT2D eigenvalue weighted by atomic mass is 16.4. The van der Waals surface area contributed by atoms with E-state index in [4.69, 9.17) is 5.11 Å². The molecule has 3 aliphatic rings. The van der Waals surface area contributed by atoms with Gasteiger partial charge in [-0.2, -0.15) is 0 Å². The van der Waals surface area contributed by atoms with E-state index in [1.165, 1.54) is 11.3 Å². The van der Waals surface area contributed by atoms with Crippen molar-refractivity contribution in [1.29, 1.82) is 0 Å². The third-order valence-corrected chi connectivity index (χ3v) is 6.23. The standard InChI is InChI=1S/C18H30N4O4/c1-19-11-12-22(17(26)20-8-3-2-4-9-20)14-18(19)6-5-15(23)21(10-7-18)13-16(24)25/h2-14H2,1H3,(H,24,25)/t18-/m1/s1. The first kappa shape index (κ1) is 18.9. The summed E-state index contributed by atoms with van der Waals surface area (Å²) in [5, 5.41) is 9.03. The molecule has 1 spiro atoms. The van der Waals surface area contributed by atoms with Crippen LogP contribution >= 0.6 is 0 Å². The van der Waals surface area contributed by atoms with E-state index in [0.717, 1.165) is 32.5 Å². The number of carbonyl (C=O) groups excluding carboxylic acids is 2. The van der Waals surface area contributed by atoms with Crippen LogP contribution in [0, 0.1) is 0 Å². The monoisotopic (exact) mass is 366 g/mol. The summed E-state index contributed by atoms with van der Waals surface area (Å²) in [6, 6.07) is 0.121. The third-order valence-electron chi connectivity index (χ3n) is 6.23. The van der Waals surface area contributed by atoms with Crippen LogP contribution in [0.2, 0.25) is 0 Å². The summed E-state index contributed by atoms with van der Waals surface area (Å²) in [7, 11) is 2.06. The molecule has 0 unspecified atom stereocenters. The summed E-state index contributed by atoms with van der Waals surface area (Å²) in [5.74, 6) is -1.08. The maximum Gasteiger partial charge on any atom is 0.323 e. The molecule has 1 atom stereocenters. The van der Waals surface area contributed by atoms with Crippen LogP contribution in [0.4, 0.5) is 4.79 Å². The number of nitrogens with zero attached hydrogens (tertiary/aromatic N) is 4. The molecular weight excluding hydrogens is 336 g/mol. The Morgan fingerprint density at radius 1 is 1.00 bits per heavy atom. The topological polar surface area (TPSA) is 84.4 Å². The van der Waals surface area contributed by atoms with Crippen molar-refractivity contribution < 1.29 is 19.5 Å². The number of piperazine rings is 1. The van der Waals surface area contributed by atoms with Crippen LogP contribution in [-0.4, -0.2) is 101 Å². The zero-order chi connectivity index (χ0) is 18.7. The van der Waals surface area contributed by atoms with Crippen molar-refractivity contribution in [2.45, 2.75) is 44.1 Å². The molecule has 146 valence electrons. The number of rotatable bonds is 2. The van der Waals surface area contributed by atoms with E-state index >= 15 is 0 Å². The lowest BCUT2D eigenvalue weighted by atomic mass is 9.86. The molecule has 3 aliphatic heterocycles. The molecule has 0 aromatic rings. The molecule has 3 fully saturated rings. The molecule has 3 amide bonds. The SMILES string of the molecule is CN1CCN(C(=O)N2CCCCC2)C[C@]12CCC(=O)N(CC(=O)O)CC2. The maximum absolute atomic E-state index is 12.9. The minimum absolute atomic E-state index is 0.0999. The van der Waals surface area contributed by atoms with E-state index < -0.39 is 5.97 Å². The van der Waals surface area contributed by atoms with E-state index in [9.17, 15) is 14.4 Å². The van der Waals surface area contributed by atoms with E-state index in [2.05, 4.69) is 11.9 Å². The number of carboxylic acids is 1. The van der Waals surface area contributed by atoms with E-state index in [1.54, 1.807) is 0 Å². The number of hydrogen-bond donors (Lipinski definition) is 1. The second-order valence-electron chi connectivity index (χ2n) is 7.86. The summed E-state index contributed by atoms with van der Waals surface area (Å²) in [6.45, 7) is 3.97. The molecule has 1 N–H and O–H groups in total. The van der Waals surface area contributed by atoms with Gasteiger partial charge in [-0.15, -0.1) is 0 Å². The first-order valence-corrected chi connectivity index (χ1v) is 9.66. The van der Waals surface area contributed by atoms with Gasteiger partial charge < -0.3 is 19.8 Å². The van der Waals surface area contributed by atoms with Crippen molar-refractivity contribution >= 4 is 17.9 Å². The number of likely N-dealkylation sites (N-methyl/N-ethyl adjacent to an activating group) is 1. The molecule has 8 nitrogen and oxygen atoms in total. The molecule has 3 rings (SSSR count). The number of carboxylic acid groups (broad SMARTS) is 1. The maximum atomic E-state index is 12.9. The fourth-order valence-corrected chi connectivity index (χ4v) is 4.47. The predicted octanol–water partition coefficient (Wildman–Crippen LogP) is 0.676. The first-order valence-electron chi connectivity index (χ1n) is 9.66. The Labute approximate surface area is 154 Å². The summed E-state index contributed by atoms with van der Waals surface area (Å²) in [6.07, 6.45) is 5.04. The summed E-state index contributed by atoms with van der Waals surface area (Å²) in [4.78, 5) is 43.9. The van der Waals surface area contributed by atoms with Gasteiger partial charge in [0.1, 0.15) is 6.54 Å². The van der Waals surface area contributed by atoms with Gasteiger partial charge in [0.15, 0.2) is 0 Å². The van der Waals surface area contributed by atoms with Crippen LogP contribution in [0.3, 0.4) is 0 Å². The third kappa shape index (κ3) is 3.95. The number of amides is 3. The van der Waals surface area contributed by atoms with Crippen LogP contribution in [0.25, 0.3) is 0 Å². The summed E-state index contributed by atoms with van der Waals surface area (Å²) in [5.41, 5.74) is -0.243. The Morgan fingerprint density at radius 3 is 2.42 bits per heavy atom. The second kappa shape index (κ2) is 7.82. The highest BCUT2D eigenvalue weighted by Crippen LogP contribution is 2.32. The van der Waals surface area contributed by atoms with Crippen LogP contribution in [0.1, 0.15) is 38.5 Å². The van der Waals surface area contributed by atoms with E-state index in [1.807, 2.05) is 9.80 Å². The van der Waals surface area contributed by atoms with E-state index in [-0.39, 0.29) is 24.0 Å².